The molecule has 0 aromatic heterocycles. The first-order valence-corrected chi connectivity index (χ1v) is 30.2. The summed E-state index contributed by atoms with van der Waals surface area (Å²) in [6.45, 7) is 25.2. The molecular weight excluding hydrogens is 1100 g/mol. The van der Waals surface area contributed by atoms with E-state index >= 15 is 0 Å². The molecule has 0 fully saturated rings. The number of hydrogen-bond acceptors (Lipinski definition) is 15. The summed E-state index contributed by atoms with van der Waals surface area (Å²) in [5.41, 5.74) is 17.2. The van der Waals surface area contributed by atoms with Crippen LogP contribution in [0.25, 0.3) is 0 Å². The van der Waals surface area contributed by atoms with E-state index in [-0.39, 0.29) is 74.0 Å². The first kappa shape index (κ1) is 78.5. The van der Waals surface area contributed by atoms with E-state index in [1.54, 1.807) is 27.7 Å². The van der Waals surface area contributed by atoms with Crippen LogP contribution < -0.4 is 75.7 Å². The van der Waals surface area contributed by atoms with Gasteiger partial charge in [0.25, 0.3) is 0 Å². The second-order valence-electron chi connectivity index (χ2n) is 24.5. The lowest BCUT2D eigenvalue weighted by molar-refractivity contribution is -0.136. The molecule has 0 aromatic rings. The molecule has 12 atom stereocenters. The van der Waals surface area contributed by atoms with Crippen molar-refractivity contribution in [1.82, 2.24) is 58.5 Å². The highest BCUT2D eigenvalue weighted by molar-refractivity contribution is 5.98. The van der Waals surface area contributed by atoms with Crippen molar-refractivity contribution in [2.45, 2.75) is 229 Å². The number of amides is 12. The van der Waals surface area contributed by atoms with Gasteiger partial charge in [-0.2, -0.15) is 0 Å². The zero-order valence-corrected chi connectivity index (χ0v) is 53.3. The number of primary amides is 1. The van der Waals surface area contributed by atoms with Gasteiger partial charge in [-0.25, -0.2) is 0 Å². The molecule has 0 rings (SSSR count). The van der Waals surface area contributed by atoms with E-state index in [1.165, 1.54) is 6.92 Å². The molecule has 0 bridgehead atoms. The van der Waals surface area contributed by atoms with Gasteiger partial charge < -0.3 is 80.8 Å². The van der Waals surface area contributed by atoms with Gasteiger partial charge in [0.2, 0.25) is 70.9 Å². The van der Waals surface area contributed by atoms with Crippen LogP contribution in [-0.4, -0.2) is 163 Å². The predicted octanol–water partition coefficient (Wildman–Crippen LogP) is -1.14. The lowest BCUT2D eigenvalue weighted by Crippen LogP contribution is -2.61. The third-order valence-electron chi connectivity index (χ3n) is 14.0. The molecule has 0 spiro atoms. The average molecular weight is 1210 g/mol. The fourth-order valence-electron chi connectivity index (χ4n) is 8.81. The summed E-state index contributed by atoms with van der Waals surface area (Å²) < 4.78 is 0. The fourth-order valence-corrected chi connectivity index (χ4v) is 8.81. The van der Waals surface area contributed by atoms with Crippen LogP contribution in [0, 0.1) is 41.4 Å². The van der Waals surface area contributed by atoms with Crippen LogP contribution in [0.1, 0.15) is 168 Å². The Morgan fingerprint density at radius 3 is 1.09 bits per heavy atom. The highest BCUT2D eigenvalue weighted by atomic mass is 16.3. The highest BCUT2D eigenvalue weighted by Gasteiger charge is 2.36. The second kappa shape index (κ2) is 40.8. The number of rotatable bonds is 42. The molecule has 0 aromatic carbocycles. The molecule has 0 heterocycles. The fraction of sp³-hybridized carbons (Fsp3) is 0.793. The van der Waals surface area contributed by atoms with Crippen LogP contribution in [0.4, 0.5) is 0 Å². The monoisotopic (exact) mass is 1210 g/mol. The Bertz CT molecular complexity index is 2180. The Hall–Kier alpha value is -6.48. The molecular formula is C58H108N14O13. The molecule has 18 N–H and O–H groups in total. The number of hydrogen-bond donors (Lipinski definition) is 15. The van der Waals surface area contributed by atoms with Crippen LogP contribution in [0.5, 0.6) is 0 Å². The molecule has 0 unspecified atom stereocenters. The second-order valence-corrected chi connectivity index (χ2v) is 24.5. The van der Waals surface area contributed by atoms with Crippen molar-refractivity contribution >= 4 is 70.9 Å². The SMILES string of the molecule is CC[C@H](C)[C@H](N)C(=O)N[C@@H](CC(C)C)C(=O)NCC(=O)N[C@H](C(=O)N[C@H](C(=O)N[C@@H](CC(C)C)C(=O)NCC(=O)N[C@@H](CC(C)C)C(=O)N[C@@H](CC(C)C)C(=O)N[C@@H](CCCCN)C(=O)NCC(=O)N[C@@H](CC(C)C)C(N)=O)[C@@H](C)CC)[C@@H](C)O. The molecule has 0 aliphatic carbocycles. The first-order valence-electron chi connectivity index (χ1n) is 30.2. The first-order chi connectivity index (χ1) is 39.6. The average Bonchev–Trinajstić information content (AvgIpc) is 3.53. The van der Waals surface area contributed by atoms with Gasteiger partial charge in [0, 0.05) is 0 Å². The van der Waals surface area contributed by atoms with Crippen LogP contribution in [0.15, 0.2) is 0 Å². The smallest absolute Gasteiger partial charge is 0.245 e. The number of aliphatic hydroxyl groups excluding tert-OH is 1. The summed E-state index contributed by atoms with van der Waals surface area (Å²) in [4.78, 5) is 161. The third kappa shape index (κ3) is 32.0. The molecule has 0 aliphatic heterocycles. The highest BCUT2D eigenvalue weighted by Crippen LogP contribution is 2.15. The van der Waals surface area contributed by atoms with E-state index in [9.17, 15) is 62.6 Å². The predicted molar refractivity (Wildman–Crippen MR) is 322 cm³/mol. The van der Waals surface area contributed by atoms with Crippen molar-refractivity contribution in [3.63, 3.8) is 0 Å². The van der Waals surface area contributed by atoms with Crippen molar-refractivity contribution in [2.75, 3.05) is 26.2 Å². The number of carbonyl (C=O) groups excluding carboxylic acids is 12. The lowest BCUT2D eigenvalue weighted by atomic mass is 9.96. The normalized spacial score (nSPS) is 15.7. The van der Waals surface area contributed by atoms with Crippen molar-refractivity contribution in [1.29, 1.82) is 0 Å². The minimum Gasteiger partial charge on any atom is -0.391 e. The van der Waals surface area contributed by atoms with Gasteiger partial charge in [-0.3, -0.25) is 57.5 Å². The maximum Gasteiger partial charge on any atom is 0.245 e. The van der Waals surface area contributed by atoms with Crippen LogP contribution >= 0.6 is 0 Å². The number of unbranched alkanes of at least 4 members (excludes halogenated alkanes) is 1. The number of aliphatic hydroxyl groups is 1. The Morgan fingerprint density at radius 2 is 0.706 bits per heavy atom. The molecule has 27 nitrogen and oxygen atoms in total. The largest absolute Gasteiger partial charge is 0.391 e. The van der Waals surface area contributed by atoms with Crippen molar-refractivity contribution in [3.8, 4) is 0 Å². The van der Waals surface area contributed by atoms with Gasteiger partial charge in [-0.05, 0) is 106 Å². The Labute approximate surface area is 503 Å². The van der Waals surface area contributed by atoms with Crippen molar-refractivity contribution in [3.05, 3.63) is 0 Å². The maximum absolute atomic E-state index is 14.1. The van der Waals surface area contributed by atoms with Crippen molar-refractivity contribution < 1.29 is 62.6 Å². The topological polar surface area (TPSA) is 435 Å². The summed E-state index contributed by atoms with van der Waals surface area (Å²) in [5, 5.41) is 39.1. The van der Waals surface area contributed by atoms with E-state index in [4.69, 9.17) is 17.2 Å². The van der Waals surface area contributed by atoms with Gasteiger partial charge in [-0.1, -0.05) is 110 Å². The number of nitrogens with one attached hydrogen (secondary N) is 11. The van der Waals surface area contributed by atoms with E-state index in [0.717, 1.165) is 0 Å². The van der Waals surface area contributed by atoms with E-state index in [1.807, 2.05) is 69.2 Å². The Balaban J connectivity index is 6.22. The minimum atomic E-state index is -1.60. The lowest BCUT2D eigenvalue weighted by Gasteiger charge is -2.29. The zero-order valence-electron chi connectivity index (χ0n) is 53.3. The molecule has 12 amide bonds. The third-order valence-corrected chi connectivity index (χ3v) is 14.0. The van der Waals surface area contributed by atoms with Gasteiger partial charge in [0.05, 0.1) is 31.8 Å². The van der Waals surface area contributed by atoms with Crippen LogP contribution in [0.2, 0.25) is 0 Å². The van der Waals surface area contributed by atoms with Gasteiger partial charge >= 0.3 is 0 Å². The van der Waals surface area contributed by atoms with Gasteiger partial charge in [-0.15, -0.1) is 0 Å². The zero-order chi connectivity index (χ0) is 65.4. The van der Waals surface area contributed by atoms with Crippen molar-refractivity contribution in [2.24, 2.45) is 58.6 Å². The molecule has 488 valence electrons. The Kier molecular flexibility index (Phi) is 37.7. The van der Waals surface area contributed by atoms with Gasteiger partial charge in [0.15, 0.2) is 0 Å². The van der Waals surface area contributed by atoms with E-state index in [0.29, 0.717) is 32.2 Å². The molecule has 0 aliphatic rings. The van der Waals surface area contributed by atoms with Crippen LogP contribution in [0.3, 0.4) is 0 Å². The van der Waals surface area contributed by atoms with Crippen LogP contribution in [-0.2, 0) is 57.5 Å². The summed E-state index contributed by atoms with van der Waals surface area (Å²) in [5.74, 6) is -9.98. The summed E-state index contributed by atoms with van der Waals surface area (Å²) >= 11 is 0. The summed E-state index contributed by atoms with van der Waals surface area (Å²) in [7, 11) is 0. The minimum absolute atomic E-state index is 0.0259. The molecule has 85 heavy (non-hydrogen) atoms. The Morgan fingerprint density at radius 1 is 0.376 bits per heavy atom. The number of carbonyl (C=O) groups is 12. The quantitative estimate of drug-likeness (QED) is 0.0321. The summed E-state index contributed by atoms with van der Waals surface area (Å²) in [6.07, 6.45) is 1.45. The molecule has 27 heteroatoms. The summed E-state index contributed by atoms with van der Waals surface area (Å²) in [6, 6.07) is -10.5. The molecule has 0 radical (unpaired) electrons. The number of nitrogens with two attached hydrogens (primary N) is 3. The van der Waals surface area contributed by atoms with E-state index in [2.05, 4.69) is 58.5 Å². The van der Waals surface area contributed by atoms with Gasteiger partial charge in [0.1, 0.15) is 48.3 Å². The van der Waals surface area contributed by atoms with E-state index < -0.39 is 157 Å². The molecule has 0 saturated carbocycles. The standard InChI is InChI=1S/C58H108N14O13/c1-16-35(13)47(60)56(83)69-40(23-31(5)6)52(79)64-29-46(76)71-49(37(15)73)58(85)72-48(36(14)17-2)57(84)70-41(24-32(7)8)53(80)63-28-45(75)66-42(25-33(9)10)54(81)68-43(26-34(11)12)55(82)67-38(20-18-19-21-59)51(78)62-27-44(74)65-39(50(61)77)22-30(3)4/h30-43,47-49,73H,16-29,59-60H2,1-15H3,(H2,61,77)(H,62,78)(H,63,80)(H,64,79)(H,65,74)(H,66,75)(H,67,82)(H,68,81)(H,69,83)(H,70,84)(H,71,76)(H,72,85)/t35-,36-,37+,38-,39-,40-,41-,42-,43-,47-,48-,49-/m0/s1. The molecule has 0 saturated heterocycles. The maximum atomic E-state index is 14.1.